The van der Waals surface area contributed by atoms with Gasteiger partial charge in [-0.3, -0.25) is 14.6 Å². The zero-order valence-corrected chi connectivity index (χ0v) is 14.8. The van der Waals surface area contributed by atoms with Crippen LogP contribution in [0.1, 0.15) is 12.8 Å². The number of anilines is 2. The van der Waals surface area contributed by atoms with Gasteiger partial charge in [0.2, 0.25) is 11.8 Å². The molecule has 0 aliphatic heterocycles. The summed E-state index contributed by atoms with van der Waals surface area (Å²) in [6, 6.07) is 16.7. The van der Waals surface area contributed by atoms with E-state index in [1.165, 1.54) is 0 Å². The predicted octanol–water partition coefficient (Wildman–Crippen LogP) is 2.76. The topological polar surface area (TPSA) is 120 Å². The van der Waals surface area contributed by atoms with E-state index in [1.54, 1.807) is 12.1 Å². The number of amides is 2. The number of rotatable bonds is 5. The average molecular weight is 375 g/mol. The molecule has 2 amide bonds. The van der Waals surface area contributed by atoms with Gasteiger partial charge in [0.1, 0.15) is 5.82 Å². The highest BCUT2D eigenvalue weighted by atomic mass is 16.2. The van der Waals surface area contributed by atoms with E-state index in [2.05, 4.69) is 25.6 Å². The molecule has 4 rings (SSSR count). The number of hydrogen-bond acceptors (Lipinski definition) is 4. The van der Waals surface area contributed by atoms with Crippen molar-refractivity contribution < 1.29 is 9.59 Å². The summed E-state index contributed by atoms with van der Waals surface area (Å²) in [5.74, 6) is -0.273. The monoisotopic (exact) mass is 375 g/mol. The Morgan fingerprint density at radius 3 is 2.46 bits per heavy atom. The minimum absolute atomic E-state index is 0.0139. The zero-order chi connectivity index (χ0) is 19.5. The van der Waals surface area contributed by atoms with Gasteiger partial charge in [-0.05, 0) is 23.6 Å². The number of fused-ring (bicyclic) bond motifs is 2. The minimum atomic E-state index is -0.365. The van der Waals surface area contributed by atoms with Gasteiger partial charge in [-0.15, -0.1) is 0 Å². The molecule has 4 aromatic rings. The first-order chi connectivity index (χ1) is 13.6. The first-order valence-corrected chi connectivity index (χ1v) is 8.75. The third-order valence-electron chi connectivity index (χ3n) is 4.29. The molecule has 140 valence electrons. The number of pyridine rings is 1. The Hall–Kier alpha value is -3.94. The van der Waals surface area contributed by atoms with Crippen LogP contribution in [0.2, 0.25) is 0 Å². The molecule has 0 radical (unpaired) electrons. The van der Waals surface area contributed by atoms with Crippen molar-refractivity contribution in [1.82, 2.24) is 15.0 Å². The molecule has 0 unspecified atom stereocenters. The summed E-state index contributed by atoms with van der Waals surface area (Å²) in [4.78, 5) is 44.8. The molecule has 4 N–H and O–H groups in total. The van der Waals surface area contributed by atoms with Gasteiger partial charge < -0.3 is 15.6 Å². The van der Waals surface area contributed by atoms with Crippen molar-refractivity contribution in [3.8, 4) is 0 Å². The molecular formula is C20H17N5O3. The van der Waals surface area contributed by atoms with E-state index in [1.807, 2.05) is 42.5 Å². The third-order valence-corrected chi connectivity index (χ3v) is 4.29. The molecule has 0 aliphatic carbocycles. The van der Waals surface area contributed by atoms with Crippen molar-refractivity contribution in [3.05, 3.63) is 65.1 Å². The van der Waals surface area contributed by atoms with Gasteiger partial charge in [-0.1, -0.05) is 36.4 Å². The lowest BCUT2D eigenvalue weighted by Crippen LogP contribution is -2.18. The maximum Gasteiger partial charge on any atom is 0.325 e. The van der Waals surface area contributed by atoms with Gasteiger partial charge in [-0.2, -0.15) is 0 Å². The van der Waals surface area contributed by atoms with Gasteiger partial charge in [0.15, 0.2) is 5.65 Å². The number of nitrogens with one attached hydrogen (secondary N) is 4. The molecule has 2 aromatic carbocycles. The maximum absolute atomic E-state index is 12.2. The number of imidazole rings is 1. The molecule has 2 aromatic heterocycles. The highest BCUT2D eigenvalue weighted by molar-refractivity contribution is 6.03. The van der Waals surface area contributed by atoms with Crippen LogP contribution < -0.4 is 16.3 Å². The lowest BCUT2D eigenvalue weighted by Gasteiger charge is -2.09. The first kappa shape index (κ1) is 17.5. The molecule has 28 heavy (non-hydrogen) atoms. The van der Waals surface area contributed by atoms with Gasteiger partial charge >= 0.3 is 5.69 Å². The van der Waals surface area contributed by atoms with Crippen LogP contribution in [0, 0.1) is 0 Å². The van der Waals surface area contributed by atoms with Crippen molar-refractivity contribution in [3.63, 3.8) is 0 Å². The summed E-state index contributed by atoms with van der Waals surface area (Å²) in [5.41, 5.74) is 1.26. The Kier molecular flexibility index (Phi) is 4.59. The van der Waals surface area contributed by atoms with Gasteiger partial charge in [-0.25, -0.2) is 9.78 Å². The van der Waals surface area contributed by atoms with E-state index in [0.717, 1.165) is 10.8 Å². The Balaban J connectivity index is 1.36. The zero-order valence-electron chi connectivity index (χ0n) is 14.8. The summed E-state index contributed by atoms with van der Waals surface area (Å²) in [7, 11) is 0. The van der Waals surface area contributed by atoms with Crippen LogP contribution in [0.4, 0.5) is 11.5 Å². The SMILES string of the molecule is O=C(CCC(=O)Nc1cccc2ccccc12)Nc1ccc2[nH]c(=O)[nH]c2n1. The Labute approximate surface area is 159 Å². The maximum atomic E-state index is 12.2. The van der Waals surface area contributed by atoms with Crippen LogP contribution in [0.5, 0.6) is 0 Å². The smallest absolute Gasteiger partial charge is 0.325 e. The van der Waals surface area contributed by atoms with Gasteiger partial charge in [0.05, 0.1) is 5.52 Å². The summed E-state index contributed by atoms with van der Waals surface area (Å²) in [5, 5.41) is 7.45. The summed E-state index contributed by atoms with van der Waals surface area (Å²) < 4.78 is 0. The van der Waals surface area contributed by atoms with Crippen molar-refractivity contribution >= 4 is 45.3 Å². The van der Waals surface area contributed by atoms with Gasteiger partial charge in [0, 0.05) is 23.9 Å². The fraction of sp³-hybridized carbons (Fsp3) is 0.100. The summed E-state index contributed by atoms with van der Waals surface area (Å²) in [6.45, 7) is 0. The van der Waals surface area contributed by atoms with Crippen molar-refractivity contribution in [1.29, 1.82) is 0 Å². The van der Waals surface area contributed by atoms with Crippen molar-refractivity contribution in [2.75, 3.05) is 10.6 Å². The van der Waals surface area contributed by atoms with E-state index < -0.39 is 0 Å². The average Bonchev–Trinajstić information content (AvgIpc) is 3.06. The highest BCUT2D eigenvalue weighted by Crippen LogP contribution is 2.23. The third kappa shape index (κ3) is 3.75. The Bertz CT molecular complexity index is 1240. The quantitative estimate of drug-likeness (QED) is 0.429. The fourth-order valence-corrected chi connectivity index (χ4v) is 2.97. The van der Waals surface area contributed by atoms with E-state index >= 15 is 0 Å². The molecule has 8 nitrogen and oxygen atoms in total. The molecule has 0 fully saturated rings. The number of H-pyrrole nitrogens is 2. The second-order valence-electron chi connectivity index (χ2n) is 6.29. The van der Waals surface area contributed by atoms with Gasteiger partial charge in [0.25, 0.3) is 0 Å². The molecule has 0 bridgehead atoms. The van der Waals surface area contributed by atoms with E-state index in [-0.39, 0.29) is 30.3 Å². The number of carbonyl (C=O) groups is 2. The highest BCUT2D eigenvalue weighted by Gasteiger charge is 2.10. The number of nitrogens with zero attached hydrogens (tertiary/aromatic N) is 1. The number of aromatic nitrogens is 3. The fourth-order valence-electron chi connectivity index (χ4n) is 2.97. The van der Waals surface area contributed by atoms with Crippen LogP contribution in [0.15, 0.2) is 59.4 Å². The molecular weight excluding hydrogens is 358 g/mol. The van der Waals surface area contributed by atoms with E-state index in [0.29, 0.717) is 22.7 Å². The Morgan fingerprint density at radius 2 is 1.61 bits per heavy atom. The minimum Gasteiger partial charge on any atom is -0.326 e. The predicted molar refractivity (Wildman–Crippen MR) is 107 cm³/mol. The molecule has 0 spiro atoms. The second kappa shape index (κ2) is 7.36. The van der Waals surface area contributed by atoms with Crippen LogP contribution in [0.25, 0.3) is 21.9 Å². The number of benzene rings is 2. The van der Waals surface area contributed by atoms with Crippen molar-refractivity contribution in [2.24, 2.45) is 0 Å². The summed E-state index contributed by atoms with van der Waals surface area (Å²) >= 11 is 0. The molecule has 0 aliphatic rings. The van der Waals surface area contributed by atoms with E-state index in [9.17, 15) is 14.4 Å². The van der Waals surface area contributed by atoms with Crippen LogP contribution >= 0.6 is 0 Å². The first-order valence-electron chi connectivity index (χ1n) is 8.75. The van der Waals surface area contributed by atoms with Crippen molar-refractivity contribution in [2.45, 2.75) is 12.8 Å². The summed E-state index contributed by atoms with van der Waals surface area (Å²) in [6.07, 6.45) is 0.0538. The molecule has 2 heterocycles. The number of hydrogen-bond donors (Lipinski definition) is 4. The number of carbonyl (C=O) groups excluding carboxylic acids is 2. The Morgan fingerprint density at radius 1 is 0.857 bits per heavy atom. The standard InChI is InChI=1S/C20H17N5O3/c26-17(21-14-7-3-5-12-4-1-2-6-13(12)14)10-11-18(27)23-16-9-8-15-19(24-16)25-20(28)22-15/h1-9H,10-11H2,(H,21,26)(H3,22,23,24,25,27,28). The second-order valence-corrected chi connectivity index (χ2v) is 6.29. The van der Waals surface area contributed by atoms with Crippen LogP contribution in [0.3, 0.4) is 0 Å². The normalized spacial score (nSPS) is 10.9. The lowest BCUT2D eigenvalue weighted by atomic mass is 10.1. The van der Waals surface area contributed by atoms with E-state index in [4.69, 9.17) is 0 Å². The molecule has 0 saturated heterocycles. The molecule has 0 atom stereocenters. The van der Waals surface area contributed by atoms with Crippen LogP contribution in [-0.2, 0) is 9.59 Å². The molecule has 0 saturated carbocycles. The van der Waals surface area contributed by atoms with Crippen LogP contribution in [-0.4, -0.2) is 26.8 Å². The largest absolute Gasteiger partial charge is 0.326 e. The lowest BCUT2D eigenvalue weighted by molar-refractivity contribution is -0.121. The molecule has 8 heteroatoms. The number of aromatic amines is 2.